The van der Waals surface area contributed by atoms with Crippen LogP contribution in [0.4, 0.5) is 39.5 Å². The third kappa shape index (κ3) is 4.04. The maximum absolute atomic E-state index is 14.3. The lowest BCUT2D eigenvalue weighted by Gasteiger charge is -2.20. The van der Waals surface area contributed by atoms with Gasteiger partial charge < -0.3 is 4.74 Å². The van der Waals surface area contributed by atoms with Crippen molar-refractivity contribution in [1.29, 1.82) is 0 Å². The fraction of sp³-hybridized carbons (Fsp3) is 0.0526. The molecule has 0 aliphatic carbocycles. The molecule has 0 saturated carbocycles. The van der Waals surface area contributed by atoms with E-state index in [1.807, 2.05) is 0 Å². The average Bonchev–Trinajstić information content (AvgIpc) is 2.57. The lowest BCUT2D eigenvalue weighted by Crippen LogP contribution is -2.25. The van der Waals surface area contributed by atoms with Gasteiger partial charge in [-0.2, -0.15) is 8.78 Å². The second-order valence-corrected chi connectivity index (χ2v) is 6.32. The Bertz CT molecular complexity index is 1080. The van der Waals surface area contributed by atoms with E-state index >= 15 is 0 Å². The highest BCUT2D eigenvalue weighted by Crippen LogP contribution is 2.38. The first kappa shape index (κ1) is 21.8. The third-order valence-corrected chi connectivity index (χ3v) is 4.05. The van der Waals surface area contributed by atoms with Gasteiger partial charge in [0.05, 0.1) is 5.56 Å². The van der Waals surface area contributed by atoms with Crippen molar-refractivity contribution < 1.29 is 44.3 Å². The third-order valence-electron chi connectivity index (χ3n) is 3.83. The van der Waals surface area contributed by atoms with Crippen LogP contribution in [-0.4, -0.2) is 0 Å². The Morgan fingerprint density at radius 3 is 1.57 bits per heavy atom. The number of hydrogen-bond acceptors (Lipinski definition) is 1. The van der Waals surface area contributed by atoms with Crippen LogP contribution in [0.25, 0.3) is 11.1 Å². The van der Waals surface area contributed by atoms with Gasteiger partial charge in [0.25, 0.3) is 0 Å². The van der Waals surface area contributed by atoms with Crippen LogP contribution in [0.5, 0.6) is 5.75 Å². The van der Waals surface area contributed by atoms with E-state index in [4.69, 9.17) is 11.6 Å². The van der Waals surface area contributed by atoms with Gasteiger partial charge in [-0.25, -0.2) is 30.7 Å². The van der Waals surface area contributed by atoms with Crippen LogP contribution in [0.3, 0.4) is 0 Å². The number of ether oxygens (including phenoxy) is 1. The Morgan fingerprint density at radius 2 is 1.10 bits per heavy atom. The minimum absolute atomic E-state index is 0.0367. The summed E-state index contributed by atoms with van der Waals surface area (Å²) in [5.74, 6) is -13.6. The van der Waals surface area contributed by atoms with E-state index in [9.17, 15) is 39.5 Å². The molecule has 0 unspecified atom stereocenters. The highest BCUT2D eigenvalue weighted by Gasteiger charge is 2.41. The molecule has 0 amide bonds. The van der Waals surface area contributed by atoms with Crippen molar-refractivity contribution >= 4 is 11.6 Å². The molecule has 0 bridgehead atoms. The van der Waals surface area contributed by atoms with E-state index in [0.717, 1.165) is 0 Å². The standard InChI is InChI=1S/C19H6ClF9O/c20-8-3-10(21)16(11(22)4-8)7-1-12(23)17(13(24)2-7)19(28,29)30-9-5-14(25)18(27)15(26)6-9/h1-6H. The molecule has 0 atom stereocenters. The van der Waals surface area contributed by atoms with E-state index in [0.29, 0.717) is 12.1 Å². The number of rotatable bonds is 4. The molecule has 3 aromatic carbocycles. The maximum atomic E-state index is 14.3. The zero-order valence-electron chi connectivity index (χ0n) is 14.2. The number of benzene rings is 3. The first-order chi connectivity index (χ1) is 13.9. The summed E-state index contributed by atoms with van der Waals surface area (Å²) in [6.07, 6.45) is -4.83. The number of halogens is 10. The predicted octanol–water partition coefficient (Wildman–Crippen LogP) is 7.11. The molecule has 158 valence electrons. The lowest BCUT2D eigenvalue weighted by molar-refractivity contribution is -0.189. The van der Waals surface area contributed by atoms with Crippen molar-refractivity contribution in [1.82, 2.24) is 0 Å². The highest BCUT2D eigenvalue weighted by molar-refractivity contribution is 6.30. The number of alkyl halides is 2. The minimum atomic E-state index is -4.83. The summed E-state index contributed by atoms with van der Waals surface area (Å²) >= 11 is 5.45. The molecule has 0 heterocycles. The lowest BCUT2D eigenvalue weighted by atomic mass is 10.0. The van der Waals surface area contributed by atoms with Crippen LogP contribution in [0.1, 0.15) is 5.56 Å². The summed E-state index contributed by atoms with van der Waals surface area (Å²) in [6.45, 7) is 0. The molecule has 0 saturated heterocycles. The highest BCUT2D eigenvalue weighted by atomic mass is 35.5. The van der Waals surface area contributed by atoms with E-state index in [2.05, 4.69) is 4.74 Å². The largest absolute Gasteiger partial charge is 0.432 e. The normalized spacial score (nSPS) is 11.7. The number of hydrogen-bond donors (Lipinski definition) is 0. The first-order valence-corrected chi connectivity index (χ1v) is 8.14. The van der Waals surface area contributed by atoms with Crippen LogP contribution < -0.4 is 4.74 Å². The van der Waals surface area contributed by atoms with Gasteiger partial charge in [0, 0.05) is 17.2 Å². The Labute approximate surface area is 167 Å². The van der Waals surface area contributed by atoms with E-state index in [-0.39, 0.29) is 29.3 Å². The maximum Gasteiger partial charge on any atom is 0.432 e. The van der Waals surface area contributed by atoms with Crippen LogP contribution in [0.15, 0.2) is 36.4 Å². The van der Waals surface area contributed by atoms with Gasteiger partial charge in [0.2, 0.25) is 0 Å². The quantitative estimate of drug-likeness (QED) is 0.300. The topological polar surface area (TPSA) is 9.23 Å². The van der Waals surface area contributed by atoms with Gasteiger partial charge in [-0.05, 0) is 29.8 Å². The molecule has 3 rings (SSSR count). The molecule has 0 N–H and O–H groups in total. The molecule has 11 heteroatoms. The van der Waals surface area contributed by atoms with Gasteiger partial charge in [-0.1, -0.05) is 11.6 Å². The van der Waals surface area contributed by atoms with Crippen LogP contribution in [0, 0.1) is 40.7 Å². The van der Waals surface area contributed by atoms with E-state index in [1.54, 1.807) is 0 Å². The van der Waals surface area contributed by atoms with Gasteiger partial charge >= 0.3 is 6.11 Å². The second kappa shape index (κ2) is 7.75. The molecule has 0 radical (unpaired) electrons. The summed E-state index contributed by atoms with van der Waals surface area (Å²) in [6, 6.07) is 1.76. The van der Waals surface area contributed by atoms with Crippen molar-refractivity contribution in [3.05, 3.63) is 87.7 Å². The molecule has 0 aliphatic heterocycles. The summed E-state index contributed by atoms with van der Waals surface area (Å²) in [4.78, 5) is 0. The molecule has 0 aliphatic rings. The van der Waals surface area contributed by atoms with Gasteiger partial charge in [0.15, 0.2) is 17.5 Å². The molecular weight excluding hydrogens is 451 g/mol. The Balaban J connectivity index is 2.05. The Morgan fingerprint density at radius 1 is 0.633 bits per heavy atom. The van der Waals surface area contributed by atoms with Crippen molar-refractivity contribution in [3.8, 4) is 16.9 Å². The van der Waals surface area contributed by atoms with Crippen molar-refractivity contribution in [2.24, 2.45) is 0 Å². The molecular formula is C19H6ClF9O. The molecule has 30 heavy (non-hydrogen) atoms. The predicted molar refractivity (Wildman–Crippen MR) is 87.6 cm³/mol. The SMILES string of the molecule is Fc1cc(OC(F)(F)c2c(F)cc(-c3c(F)cc(Cl)cc3F)cc2F)cc(F)c1F. The second-order valence-electron chi connectivity index (χ2n) is 5.88. The molecule has 1 nitrogen and oxygen atoms in total. The van der Waals surface area contributed by atoms with Gasteiger partial charge in [-0.3, -0.25) is 0 Å². The van der Waals surface area contributed by atoms with Crippen LogP contribution in [0.2, 0.25) is 5.02 Å². The fourth-order valence-electron chi connectivity index (χ4n) is 2.60. The average molecular weight is 457 g/mol. The van der Waals surface area contributed by atoms with Crippen molar-refractivity contribution in [3.63, 3.8) is 0 Å². The van der Waals surface area contributed by atoms with Crippen molar-refractivity contribution in [2.75, 3.05) is 0 Å². The summed E-state index contributed by atoms with van der Waals surface area (Å²) in [5.41, 5.74) is -3.71. The molecule has 0 fully saturated rings. The summed E-state index contributed by atoms with van der Waals surface area (Å²) in [7, 11) is 0. The van der Waals surface area contributed by atoms with E-state index in [1.165, 1.54) is 0 Å². The van der Waals surface area contributed by atoms with Gasteiger partial charge in [-0.15, -0.1) is 0 Å². The van der Waals surface area contributed by atoms with Crippen molar-refractivity contribution in [2.45, 2.75) is 6.11 Å². The first-order valence-electron chi connectivity index (χ1n) is 7.76. The fourth-order valence-corrected chi connectivity index (χ4v) is 2.80. The van der Waals surface area contributed by atoms with Crippen LogP contribution >= 0.6 is 11.6 Å². The summed E-state index contributed by atoms with van der Waals surface area (Å²) < 4.78 is 128. The minimum Gasteiger partial charge on any atom is -0.429 e. The van der Waals surface area contributed by atoms with Crippen LogP contribution in [-0.2, 0) is 6.11 Å². The zero-order valence-corrected chi connectivity index (χ0v) is 14.9. The monoisotopic (exact) mass is 456 g/mol. The van der Waals surface area contributed by atoms with E-state index < -0.39 is 69.3 Å². The Hall–Kier alpha value is -2.88. The molecule has 0 spiro atoms. The molecule has 0 aromatic heterocycles. The molecule has 3 aromatic rings. The van der Waals surface area contributed by atoms with Gasteiger partial charge in [0.1, 0.15) is 34.6 Å². The smallest absolute Gasteiger partial charge is 0.429 e. The zero-order chi connectivity index (χ0) is 22.4. The summed E-state index contributed by atoms with van der Waals surface area (Å²) in [5, 5.41) is -0.356. The Kier molecular flexibility index (Phi) is 5.64.